The number of aliphatic carboxylic acids is 1. The summed E-state index contributed by atoms with van der Waals surface area (Å²) in [4.78, 5) is 24.1. The maximum Gasteiger partial charge on any atom is 0.416 e. The Morgan fingerprint density at radius 3 is 2.52 bits per heavy atom. The second-order valence-electron chi connectivity index (χ2n) is 6.50. The van der Waals surface area contributed by atoms with Crippen molar-refractivity contribution in [3.63, 3.8) is 0 Å². The molecule has 3 rings (SSSR count). The first kappa shape index (κ1) is 18.9. The molecule has 0 unspecified atom stereocenters. The summed E-state index contributed by atoms with van der Waals surface area (Å²) >= 11 is 0. The fraction of sp³-hybridized carbons (Fsp3) is 0.412. The molecule has 7 nitrogen and oxygen atoms in total. The van der Waals surface area contributed by atoms with Crippen molar-refractivity contribution in [2.24, 2.45) is 0 Å². The molecule has 0 saturated heterocycles. The molecule has 0 bridgehead atoms. The molecule has 0 atom stereocenters. The number of amides is 1. The van der Waals surface area contributed by atoms with E-state index in [9.17, 15) is 27.9 Å². The van der Waals surface area contributed by atoms with Crippen LogP contribution in [-0.2, 0) is 11.0 Å². The van der Waals surface area contributed by atoms with E-state index in [-0.39, 0.29) is 11.4 Å². The zero-order valence-electron chi connectivity index (χ0n) is 14.2. The molecule has 1 saturated carbocycles. The Kier molecular flexibility index (Phi) is 4.90. The number of aromatic nitrogens is 3. The molecule has 1 heterocycles. The van der Waals surface area contributed by atoms with Gasteiger partial charge in [0, 0.05) is 0 Å². The molecule has 1 amide bonds. The molecule has 0 spiro atoms. The Labute approximate surface area is 152 Å². The van der Waals surface area contributed by atoms with Crippen LogP contribution in [0.1, 0.15) is 48.2 Å². The molecule has 144 valence electrons. The summed E-state index contributed by atoms with van der Waals surface area (Å²) in [7, 11) is 0. The molecular formula is C17H17F3N4O3. The molecule has 10 heteroatoms. The van der Waals surface area contributed by atoms with Crippen molar-refractivity contribution in [2.75, 3.05) is 0 Å². The minimum atomic E-state index is -4.51. The summed E-state index contributed by atoms with van der Waals surface area (Å²) in [6.45, 7) is 0. The molecular weight excluding hydrogens is 365 g/mol. The molecule has 2 aromatic rings. The number of hydrogen-bond donors (Lipinski definition) is 2. The number of rotatable bonds is 4. The van der Waals surface area contributed by atoms with Crippen molar-refractivity contribution in [1.29, 1.82) is 0 Å². The lowest BCUT2D eigenvalue weighted by Crippen LogP contribution is -2.55. The van der Waals surface area contributed by atoms with Gasteiger partial charge in [0.2, 0.25) is 0 Å². The van der Waals surface area contributed by atoms with Crippen LogP contribution < -0.4 is 5.32 Å². The standard InChI is InChI=1S/C17H17F3N4O3/c18-17(19,20)11-5-4-6-12(9-11)24-10-13(22-23-24)14(25)21-16(15(26)27)7-2-1-3-8-16/h4-6,9-10H,1-3,7-8H2,(H,21,25)(H,26,27). The summed E-state index contributed by atoms with van der Waals surface area (Å²) in [5.41, 5.74) is -2.29. The van der Waals surface area contributed by atoms with Gasteiger partial charge in [0.15, 0.2) is 5.69 Å². The number of carboxylic acid groups (broad SMARTS) is 1. The second-order valence-corrected chi connectivity index (χ2v) is 6.50. The van der Waals surface area contributed by atoms with E-state index in [1.165, 1.54) is 18.3 Å². The summed E-state index contributed by atoms with van der Waals surface area (Å²) < 4.78 is 39.5. The maximum atomic E-state index is 12.8. The van der Waals surface area contributed by atoms with Crippen molar-refractivity contribution in [1.82, 2.24) is 20.3 Å². The number of nitrogens with one attached hydrogen (secondary N) is 1. The summed E-state index contributed by atoms with van der Waals surface area (Å²) in [6.07, 6.45) is -0.440. The minimum absolute atomic E-state index is 0.0852. The maximum absolute atomic E-state index is 12.8. The van der Waals surface area contributed by atoms with Crippen LogP contribution in [0.5, 0.6) is 0 Å². The molecule has 1 aromatic heterocycles. The van der Waals surface area contributed by atoms with Gasteiger partial charge < -0.3 is 10.4 Å². The van der Waals surface area contributed by atoms with Crippen LogP contribution in [0.2, 0.25) is 0 Å². The van der Waals surface area contributed by atoms with E-state index in [0.717, 1.165) is 23.2 Å². The number of benzene rings is 1. The van der Waals surface area contributed by atoms with E-state index in [4.69, 9.17) is 0 Å². The first-order valence-electron chi connectivity index (χ1n) is 8.37. The van der Waals surface area contributed by atoms with Crippen molar-refractivity contribution in [3.8, 4) is 5.69 Å². The highest BCUT2D eigenvalue weighted by atomic mass is 19.4. The predicted octanol–water partition coefficient (Wildman–Crippen LogP) is 2.80. The van der Waals surface area contributed by atoms with Gasteiger partial charge in [-0.25, -0.2) is 9.48 Å². The monoisotopic (exact) mass is 382 g/mol. The second kappa shape index (κ2) is 7.01. The van der Waals surface area contributed by atoms with Crippen molar-refractivity contribution >= 4 is 11.9 Å². The van der Waals surface area contributed by atoms with E-state index in [2.05, 4.69) is 15.6 Å². The number of halogens is 3. The third-order valence-electron chi connectivity index (χ3n) is 4.63. The number of hydrogen-bond acceptors (Lipinski definition) is 4. The van der Waals surface area contributed by atoms with E-state index < -0.39 is 29.2 Å². The lowest BCUT2D eigenvalue weighted by Gasteiger charge is -2.33. The number of carboxylic acids is 1. The highest BCUT2D eigenvalue weighted by Crippen LogP contribution is 2.30. The van der Waals surface area contributed by atoms with Gasteiger partial charge in [-0.15, -0.1) is 5.10 Å². The van der Waals surface area contributed by atoms with E-state index in [0.29, 0.717) is 25.7 Å². The van der Waals surface area contributed by atoms with Gasteiger partial charge in [-0.05, 0) is 31.0 Å². The molecule has 1 aliphatic carbocycles. The van der Waals surface area contributed by atoms with Gasteiger partial charge in [0.25, 0.3) is 5.91 Å². The highest BCUT2D eigenvalue weighted by Gasteiger charge is 2.41. The Hall–Kier alpha value is -2.91. The van der Waals surface area contributed by atoms with Crippen LogP contribution >= 0.6 is 0 Å². The molecule has 0 radical (unpaired) electrons. The Morgan fingerprint density at radius 1 is 1.19 bits per heavy atom. The fourth-order valence-electron chi connectivity index (χ4n) is 3.15. The zero-order chi connectivity index (χ0) is 19.7. The number of carbonyl (C=O) groups excluding carboxylic acids is 1. The number of carbonyl (C=O) groups is 2. The fourth-order valence-corrected chi connectivity index (χ4v) is 3.15. The van der Waals surface area contributed by atoms with E-state index in [1.807, 2.05) is 0 Å². The van der Waals surface area contributed by atoms with Crippen LogP contribution in [-0.4, -0.2) is 37.5 Å². The van der Waals surface area contributed by atoms with Crippen LogP contribution in [0.4, 0.5) is 13.2 Å². The Morgan fingerprint density at radius 2 is 1.89 bits per heavy atom. The quantitative estimate of drug-likeness (QED) is 0.848. The van der Waals surface area contributed by atoms with Crippen LogP contribution in [0, 0.1) is 0 Å². The lowest BCUT2D eigenvalue weighted by molar-refractivity contribution is -0.146. The summed E-state index contributed by atoms with van der Waals surface area (Å²) in [6, 6.07) is 4.43. The Balaban J connectivity index is 1.81. The van der Waals surface area contributed by atoms with Gasteiger partial charge in [-0.2, -0.15) is 13.2 Å². The van der Waals surface area contributed by atoms with Gasteiger partial charge in [-0.3, -0.25) is 4.79 Å². The third kappa shape index (κ3) is 3.93. The molecule has 1 aromatic carbocycles. The molecule has 1 fully saturated rings. The van der Waals surface area contributed by atoms with Gasteiger partial charge in [0.05, 0.1) is 17.4 Å². The lowest BCUT2D eigenvalue weighted by atomic mass is 9.81. The summed E-state index contributed by atoms with van der Waals surface area (Å²) in [5.74, 6) is -1.83. The smallest absolute Gasteiger partial charge is 0.416 e. The van der Waals surface area contributed by atoms with E-state index >= 15 is 0 Å². The molecule has 2 N–H and O–H groups in total. The van der Waals surface area contributed by atoms with E-state index in [1.54, 1.807) is 0 Å². The largest absolute Gasteiger partial charge is 0.480 e. The highest BCUT2D eigenvalue weighted by molar-refractivity contribution is 5.96. The zero-order valence-corrected chi connectivity index (χ0v) is 14.2. The Bertz CT molecular complexity index is 857. The topological polar surface area (TPSA) is 97.1 Å². The van der Waals surface area contributed by atoms with Crippen LogP contribution in [0.25, 0.3) is 5.69 Å². The summed E-state index contributed by atoms with van der Waals surface area (Å²) in [5, 5.41) is 19.4. The SMILES string of the molecule is O=C(NC1(C(=O)O)CCCCC1)c1cn(-c2cccc(C(F)(F)F)c2)nn1. The number of nitrogens with zero attached hydrogens (tertiary/aromatic N) is 3. The van der Waals surface area contributed by atoms with Crippen molar-refractivity contribution < 1.29 is 27.9 Å². The van der Waals surface area contributed by atoms with Crippen molar-refractivity contribution in [2.45, 2.75) is 43.8 Å². The average Bonchev–Trinajstić information content (AvgIpc) is 3.12. The minimum Gasteiger partial charge on any atom is -0.480 e. The van der Waals surface area contributed by atoms with Crippen LogP contribution in [0.15, 0.2) is 30.5 Å². The molecule has 1 aliphatic rings. The van der Waals surface area contributed by atoms with Crippen LogP contribution in [0.3, 0.4) is 0 Å². The molecule has 0 aliphatic heterocycles. The normalized spacial score (nSPS) is 16.7. The van der Waals surface area contributed by atoms with Crippen molar-refractivity contribution in [3.05, 3.63) is 41.7 Å². The van der Waals surface area contributed by atoms with Gasteiger partial charge in [-0.1, -0.05) is 30.5 Å². The first-order valence-corrected chi connectivity index (χ1v) is 8.37. The predicted molar refractivity (Wildman–Crippen MR) is 87.3 cm³/mol. The van der Waals surface area contributed by atoms with Gasteiger partial charge >= 0.3 is 12.1 Å². The number of alkyl halides is 3. The third-order valence-corrected chi connectivity index (χ3v) is 4.63. The molecule has 27 heavy (non-hydrogen) atoms. The average molecular weight is 382 g/mol. The first-order chi connectivity index (χ1) is 12.7. The van der Waals surface area contributed by atoms with Gasteiger partial charge in [0.1, 0.15) is 5.54 Å².